The van der Waals surface area contributed by atoms with Crippen LogP contribution in [-0.2, 0) is 4.79 Å². The Kier molecular flexibility index (Phi) is 6.93. The van der Waals surface area contributed by atoms with E-state index in [1.54, 1.807) is 0 Å². The minimum absolute atomic E-state index is 0.111. The lowest BCUT2D eigenvalue weighted by molar-refractivity contribution is -0.122. The van der Waals surface area contributed by atoms with E-state index in [4.69, 9.17) is 11.0 Å². The number of nitrogens with one attached hydrogen (secondary N) is 1. The van der Waals surface area contributed by atoms with Gasteiger partial charge in [0.15, 0.2) is 0 Å². The number of carbonyl (C=O) groups is 1. The van der Waals surface area contributed by atoms with Crippen molar-refractivity contribution in [2.24, 2.45) is 5.73 Å². The van der Waals surface area contributed by atoms with E-state index in [9.17, 15) is 4.79 Å². The highest BCUT2D eigenvalue weighted by molar-refractivity contribution is 5.81. The molecule has 0 heterocycles. The largest absolute Gasteiger partial charge is 0.355 e. The third-order valence-electron chi connectivity index (χ3n) is 1.70. The third kappa shape index (κ3) is 6.12. The topological polar surface area (TPSA) is 78.9 Å². The number of unbranched alkanes of at least 4 members (excludes halogenated alkanes) is 1. The fourth-order valence-corrected chi connectivity index (χ4v) is 0.952. The zero-order valence-electron chi connectivity index (χ0n) is 8.05. The van der Waals surface area contributed by atoms with Crippen molar-refractivity contribution in [1.29, 1.82) is 5.26 Å². The lowest BCUT2D eigenvalue weighted by Gasteiger charge is -2.09. The summed E-state index contributed by atoms with van der Waals surface area (Å²) in [6.07, 6.45) is 2.79. The van der Waals surface area contributed by atoms with Crippen molar-refractivity contribution in [2.45, 2.75) is 38.6 Å². The van der Waals surface area contributed by atoms with Crippen LogP contribution in [0.15, 0.2) is 0 Å². The molecule has 0 unspecified atom stereocenters. The molecule has 0 bridgehead atoms. The Morgan fingerprint density at radius 1 is 1.69 bits per heavy atom. The molecule has 3 N–H and O–H groups in total. The maximum atomic E-state index is 11.2. The minimum Gasteiger partial charge on any atom is -0.355 e. The molecule has 4 nitrogen and oxygen atoms in total. The zero-order chi connectivity index (χ0) is 10.1. The Hall–Kier alpha value is -1.08. The molecule has 0 saturated carbocycles. The number of hydrogen-bond donors (Lipinski definition) is 2. The Bertz CT molecular complexity index is 186. The quantitative estimate of drug-likeness (QED) is 0.590. The van der Waals surface area contributed by atoms with Crippen LogP contribution in [0.1, 0.15) is 32.6 Å². The van der Waals surface area contributed by atoms with Crippen LogP contribution in [-0.4, -0.2) is 18.5 Å². The number of amides is 1. The number of hydrogen-bond acceptors (Lipinski definition) is 3. The highest BCUT2D eigenvalue weighted by Gasteiger charge is 2.10. The summed E-state index contributed by atoms with van der Waals surface area (Å²) in [5.74, 6) is -0.111. The molecule has 0 fully saturated rings. The average Bonchev–Trinajstić information content (AvgIpc) is 2.12. The van der Waals surface area contributed by atoms with Crippen LogP contribution >= 0.6 is 0 Å². The summed E-state index contributed by atoms with van der Waals surface area (Å²) < 4.78 is 0. The first-order valence-corrected chi connectivity index (χ1v) is 4.62. The maximum absolute atomic E-state index is 11.2. The number of nitrogens with zero attached hydrogens (tertiary/aromatic N) is 1. The summed E-state index contributed by atoms with van der Waals surface area (Å²) in [5.41, 5.74) is 5.57. The van der Waals surface area contributed by atoms with Crippen molar-refractivity contribution < 1.29 is 4.79 Å². The first-order chi connectivity index (χ1) is 6.22. The molecule has 0 radical (unpaired) electrons. The standard InChI is InChI=1S/C9H17N3O/c1-2-5-8(11)9(13)12-7-4-3-6-10/h8H,2-5,7,11H2,1H3,(H,12,13)/t8-/m1/s1. The van der Waals surface area contributed by atoms with Crippen molar-refractivity contribution in [1.82, 2.24) is 5.32 Å². The fourth-order valence-electron chi connectivity index (χ4n) is 0.952. The summed E-state index contributed by atoms with van der Waals surface area (Å²) in [6, 6.07) is 1.62. The normalized spacial score (nSPS) is 11.8. The van der Waals surface area contributed by atoms with E-state index in [2.05, 4.69) is 5.32 Å². The third-order valence-corrected chi connectivity index (χ3v) is 1.70. The summed E-state index contributed by atoms with van der Waals surface area (Å²) in [4.78, 5) is 11.2. The van der Waals surface area contributed by atoms with E-state index in [0.29, 0.717) is 25.8 Å². The van der Waals surface area contributed by atoms with Crippen LogP contribution in [0.4, 0.5) is 0 Å². The molecule has 0 aromatic carbocycles. The van der Waals surface area contributed by atoms with Crippen molar-refractivity contribution >= 4 is 5.91 Å². The first kappa shape index (κ1) is 11.9. The molecule has 0 aliphatic heterocycles. The van der Waals surface area contributed by atoms with Gasteiger partial charge >= 0.3 is 0 Å². The lowest BCUT2D eigenvalue weighted by Crippen LogP contribution is -2.40. The summed E-state index contributed by atoms with van der Waals surface area (Å²) in [7, 11) is 0. The SMILES string of the molecule is CCC[C@@H](N)C(=O)NCCCC#N. The van der Waals surface area contributed by atoms with Crippen molar-refractivity contribution in [2.75, 3.05) is 6.54 Å². The number of nitriles is 1. The van der Waals surface area contributed by atoms with E-state index in [0.717, 1.165) is 6.42 Å². The van der Waals surface area contributed by atoms with E-state index in [-0.39, 0.29) is 5.91 Å². The van der Waals surface area contributed by atoms with E-state index in [1.807, 2.05) is 13.0 Å². The molecule has 0 aromatic heterocycles. The second-order valence-electron chi connectivity index (χ2n) is 2.95. The van der Waals surface area contributed by atoms with Crippen LogP contribution < -0.4 is 11.1 Å². The van der Waals surface area contributed by atoms with Gasteiger partial charge < -0.3 is 11.1 Å². The molecule has 4 heteroatoms. The van der Waals surface area contributed by atoms with Gasteiger partial charge in [-0.3, -0.25) is 4.79 Å². The van der Waals surface area contributed by atoms with Crippen molar-refractivity contribution in [3.05, 3.63) is 0 Å². The second-order valence-corrected chi connectivity index (χ2v) is 2.95. The average molecular weight is 183 g/mol. The minimum atomic E-state index is -0.396. The van der Waals surface area contributed by atoms with Crippen LogP contribution in [0.2, 0.25) is 0 Å². The van der Waals surface area contributed by atoms with Gasteiger partial charge in [-0.15, -0.1) is 0 Å². The molecule has 0 aromatic rings. The number of rotatable bonds is 6. The van der Waals surface area contributed by atoms with Crippen LogP contribution in [0, 0.1) is 11.3 Å². The molecule has 0 aliphatic rings. The van der Waals surface area contributed by atoms with E-state index >= 15 is 0 Å². The van der Waals surface area contributed by atoms with Gasteiger partial charge in [0.25, 0.3) is 0 Å². The molecule has 74 valence electrons. The van der Waals surface area contributed by atoms with Crippen LogP contribution in [0.3, 0.4) is 0 Å². The number of carbonyl (C=O) groups excluding carboxylic acids is 1. The first-order valence-electron chi connectivity index (χ1n) is 4.62. The summed E-state index contributed by atoms with van der Waals surface area (Å²) >= 11 is 0. The molecule has 0 spiro atoms. The molecular weight excluding hydrogens is 166 g/mol. The highest BCUT2D eigenvalue weighted by atomic mass is 16.2. The summed E-state index contributed by atoms with van der Waals surface area (Å²) in [5, 5.41) is 10.9. The van der Waals surface area contributed by atoms with E-state index < -0.39 is 6.04 Å². The predicted octanol–water partition coefficient (Wildman–Crippen LogP) is 0.534. The Morgan fingerprint density at radius 3 is 2.92 bits per heavy atom. The number of nitrogens with two attached hydrogens (primary N) is 1. The second kappa shape index (κ2) is 7.56. The van der Waals surface area contributed by atoms with Gasteiger partial charge in [0.2, 0.25) is 5.91 Å². The molecule has 1 atom stereocenters. The van der Waals surface area contributed by atoms with Gasteiger partial charge in [-0.05, 0) is 12.8 Å². The Balaban J connectivity index is 3.45. The molecule has 0 saturated heterocycles. The Labute approximate surface area is 79.1 Å². The van der Waals surface area contributed by atoms with Gasteiger partial charge in [-0.25, -0.2) is 0 Å². The highest BCUT2D eigenvalue weighted by Crippen LogP contribution is 1.93. The van der Waals surface area contributed by atoms with Crippen LogP contribution in [0.5, 0.6) is 0 Å². The molecule has 1 amide bonds. The van der Waals surface area contributed by atoms with Crippen molar-refractivity contribution in [3.63, 3.8) is 0 Å². The molecule has 0 rings (SSSR count). The van der Waals surface area contributed by atoms with Gasteiger partial charge in [0.05, 0.1) is 12.1 Å². The smallest absolute Gasteiger partial charge is 0.236 e. The van der Waals surface area contributed by atoms with Gasteiger partial charge in [0, 0.05) is 13.0 Å². The lowest BCUT2D eigenvalue weighted by atomic mass is 10.1. The Morgan fingerprint density at radius 2 is 2.38 bits per heavy atom. The maximum Gasteiger partial charge on any atom is 0.236 e. The van der Waals surface area contributed by atoms with Gasteiger partial charge in [-0.1, -0.05) is 13.3 Å². The fraction of sp³-hybridized carbons (Fsp3) is 0.778. The monoisotopic (exact) mass is 183 g/mol. The van der Waals surface area contributed by atoms with Crippen LogP contribution in [0.25, 0.3) is 0 Å². The van der Waals surface area contributed by atoms with Gasteiger partial charge in [-0.2, -0.15) is 5.26 Å². The summed E-state index contributed by atoms with van der Waals surface area (Å²) in [6.45, 7) is 2.53. The predicted molar refractivity (Wildman–Crippen MR) is 50.7 cm³/mol. The zero-order valence-corrected chi connectivity index (χ0v) is 8.05. The molecular formula is C9H17N3O. The van der Waals surface area contributed by atoms with E-state index in [1.165, 1.54) is 0 Å². The molecule has 13 heavy (non-hydrogen) atoms. The molecule has 0 aliphatic carbocycles. The van der Waals surface area contributed by atoms with Gasteiger partial charge in [0.1, 0.15) is 0 Å². The van der Waals surface area contributed by atoms with Crippen molar-refractivity contribution in [3.8, 4) is 6.07 Å².